The van der Waals surface area contributed by atoms with Crippen LogP contribution in [-0.4, -0.2) is 50.6 Å². The fourth-order valence-corrected chi connectivity index (χ4v) is 2.72. The number of nitrogens with zero attached hydrogens (tertiary/aromatic N) is 4. The number of aromatic nitrogens is 3. The summed E-state index contributed by atoms with van der Waals surface area (Å²) in [6.45, 7) is 4.21. The van der Waals surface area contributed by atoms with Gasteiger partial charge in [-0.05, 0) is 32.0 Å². The van der Waals surface area contributed by atoms with E-state index in [9.17, 15) is 9.90 Å². The number of rotatable bonds is 3. The summed E-state index contributed by atoms with van der Waals surface area (Å²) in [5.74, 6) is 5.42. The molecule has 0 bridgehead atoms. The van der Waals surface area contributed by atoms with E-state index in [1.807, 2.05) is 44.2 Å². The molecule has 0 fully saturated rings. The van der Waals surface area contributed by atoms with Crippen LogP contribution in [0.4, 0.5) is 5.82 Å². The van der Waals surface area contributed by atoms with Crippen molar-refractivity contribution in [1.82, 2.24) is 19.9 Å². The van der Waals surface area contributed by atoms with Crippen molar-refractivity contribution in [3.05, 3.63) is 47.9 Å². The van der Waals surface area contributed by atoms with Crippen molar-refractivity contribution in [3.8, 4) is 23.1 Å². The Morgan fingerprint density at radius 3 is 2.86 bits per heavy atom. The van der Waals surface area contributed by atoms with E-state index in [4.69, 9.17) is 5.73 Å². The van der Waals surface area contributed by atoms with Gasteiger partial charge < -0.3 is 15.7 Å². The molecule has 1 atom stereocenters. The van der Waals surface area contributed by atoms with E-state index in [-0.39, 0.29) is 0 Å². The molecule has 0 aliphatic carbocycles. The number of likely N-dealkylation sites (N-methyl/N-ethyl adjacent to an activating group) is 1. The largest absolute Gasteiger partial charge is 0.383 e. The molecule has 3 aromatic rings. The average molecular weight is 375 g/mol. The summed E-state index contributed by atoms with van der Waals surface area (Å²) in [7, 11) is 1.62. The van der Waals surface area contributed by atoms with E-state index in [0.29, 0.717) is 23.4 Å². The van der Waals surface area contributed by atoms with E-state index < -0.39 is 12.0 Å². The van der Waals surface area contributed by atoms with E-state index >= 15 is 0 Å². The van der Waals surface area contributed by atoms with Gasteiger partial charge in [0, 0.05) is 30.1 Å². The quantitative estimate of drug-likeness (QED) is 0.676. The number of amides is 1. The molecule has 3 rings (SSSR count). The maximum absolute atomic E-state index is 11.9. The smallest absolute Gasteiger partial charge is 0.263 e. The molecular formula is C21H21N5O2. The number of fused-ring (bicyclic) bond motifs is 1. The summed E-state index contributed by atoms with van der Waals surface area (Å²) in [5.41, 5.74) is 9.68. The Morgan fingerprint density at radius 2 is 2.11 bits per heavy atom. The molecule has 28 heavy (non-hydrogen) atoms. The molecule has 142 valence electrons. The molecule has 7 heteroatoms. The van der Waals surface area contributed by atoms with Gasteiger partial charge in [0.2, 0.25) is 0 Å². The Bertz CT molecular complexity index is 1100. The minimum Gasteiger partial charge on any atom is -0.383 e. The lowest BCUT2D eigenvalue weighted by Gasteiger charge is -2.15. The van der Waals surface area contributed by atoms with Crippen molar-refractivity contribution < 1.29 is 9.90 Å². The highest BCUT2D eigenvalue weighted by Gasteiger charge is 2.15. The van der Waals surface area contributed by atoms with Gasteiger partial charge in [0.15, 0.2) is 6.10 Å². The number of benzene rings is 1. The van der Waals surface area contributed by atoms with Gasteiger partial charge in [0.25, 0.3) is 5.91 Å². The monoisotopic (exact) mass is 375 g/mol. The molecule has 2 heterocycles. The third kappa shape index (κ3) is 3.92. The number of carbonyl (C=O) groups excluding carboxylic acids is 1. The zero-order valence-corrected chi connectivity index (χ0v) is 16.0. The molecule has 2 aromatic heterocycles. The van der Waals surface area contributed by atoms with Crippen LogP contribution in [-0.2, 0) is 4.79 Å². The lowest BCUT2D eigenvalue weighted by atomic mass is 10.1. The number of carbonyl (C=O) groups is 1. The number of nitrogen functional groups attached to an aromatic ring is 1. The van der Waals surface area contributed by atoms with Gasteiger partial charge in [-0.1, -0.05) is 24.0 Å². The van der Waals surface area contributed by atoms with Crippen molar-refractivity contribution in [1.29, 1.82) is 0 Å². The standard InChI is InChI=1S/C21H21N5O2/c1-4-26(3)21(28)18(27)9-8-14-6-5-7-15(10-14)17-11-16-19(13(2)25-17)23-12-24-20(16)22/h5-7,10-12,18,27H,4H2,1-3H3,(H2,22,23,24)/t18-/m1/s1. The van der Waals surface area contributed by atoms with Gasteiger partial charge in [-0.3, -0.25) is 9.78 Å². The molecule has 3 N–H and O–H groups in total. The Morgan fingerprint density at radius 1 is 1.32 bits per heavy atom. The molecule has 7 nitrogen and oxygen atoms in total. The number of aliphatic hydroxyl groups excluding tert-OH is 1. The molecule has 0 unspecified atom stereocenters. The Balaban J connectivity index is 1.95. The molecule has 0 radical (unpaired) electrons. The molecule has 0 aliphatic rings. The first kappa shape index (κ1) is 19.3. The molecule has 0 spiro atoms. The van der Waals surface area contributed by atoms with Crippen LogP contribution >= 0.6 is 0 Å². The first-order chi connectivity index (χ1) is 13.4. The molecule has 1 amide bonds. The second kappa shape index (κ2) is 8.03. The second-order valence-corrected chi connectivity index (χ2v) is 6.35. The summed E-state index contributed by atoms with van der Waals surface area (Å²) in [6.07, 6.45) is 0.0664. The summed E-state index contributed by atoms with van der Waals surface area (Å²) in [5, 5.41) is 10.7. The third-order valence-corrected chi connectivity index (χ3v) is 4.42. The highest BCUT2D eigenvalue weighted by molar-refractivity contribution is 5.91. The van der Waals surface area contributed by atoms with Crippen LogP contribution in [0.25, 0.3) is 22.2 Å². The summed E-state index contributed by atoms with van der Waals surface area (Å²) in [6, 6.07) is 9.26. The minimum absolute atomic E-state index is 0.398. The first-order valence-electron chi connectivity index (χ1n) is 8.83. The fraction of sp³-hybridized carbons (Fsp3) is 0.238. The van der Waals surface area contributed by atoms with E-state index in [2.05, 4.69) is 26.8 Å². The molecule has 1 aromatic carbocycles. The highest BCUT2D eigenvalue weighted by atomic mass is 16.3. The van der Waals surface area contributed by atoms with Crippen molar-refractivity contribution in [2.45, 2.75) is 20.0 Å². The van der Waals surface area contributed by atoms with Crippen LogP contribution in [0.15, 0.2) is 36.7 Å². The molecule has 0 aliphatic heterocycles. The average Bonchev–Trinajstić information content (AvgIpc) is 2.71. The zero-order valence-electron chi connectivity index (χ0n) is 16.0. The summed E-state index contributed by atoms with van der Waals surface area (Å²) < 4.78 is 0. The normalized spacial score (nSPS) is 11.6. The van der Waals surface area contributed by atoms with E-state index in [1.54, 1.807) is 7.05 Å². The van der Waals surface area contributed by atoms with E-state index in [0.717, 1.165) is 22.3 Å². The van der Waals surface area contributed by atoms with Gasteiger partial charge in [0.1, 0.15) is 12.1 Å². The predicted octanol–water partition coefficient (Wildman–Crippen LogP) is 1.77. The van der Waals surface area contributed by atoms with Crippen LogP contribution < -0.4 is 5.73 Å². The van der Waals surface area contributed by atoms with Crippen molar-refractivity contribution >= 4 is 22.6 Å². The van der Waals surface area contributed by atoms with Crippen molar-refractivity contribution in [2.24, 2.45) is 0 Å². The number of hydrogen-bond donors (Lipinski definition) is 2. The Labute approximate surface area is 163 Å². The van der Waals surface area contributed by atoms with Gasteiger partial charge in [-0.2, -0.15) is 0 Å². The summed E-state index contributed by atoms with van der Waals surface area (Å²) >= 11 is 0. The van der Waals surface area contributed by atoms with Crippen LogP contribution in [0, 0.1) is 18.8 Å². The second-order valence-electron chi connectivity index (χ2n) is 6.35. The predicted molar refractivity (Wildman–Crippen MR) is 108 cm³/mol. The maximum Gasteiger partial charge on any atom is 0.263 e. The van der Waals surface area contributed by atoms with Crippen LogP contribution in [0.5, 0.6) is 0 Å². The number of nitrogens with two attached hydrogens (primary N) is 1. The van der Waals surface area contributed by atoms with Crippen molar-refractivity contribution in [3.63, 3.8) is 0 Å². The lowest BCUT2D eigenvalue weighted by Crippen LogP contribution is -2.35. The first-order valence-corrected chi connectivity index (χ1v) is 8.83. The van der Waals surface area contributed by atoms with Crippen LogP contribution in [0.2, 0.25) is 0 Å². The van der Waals surface area contributed by atoms with Gasteiger partial charge in [0.05, 0.1) is 16.9 Å². The molecule has 0 saturated carbocycles. The van der Waals surface area contributed by atoms with Gasteiger partial charge in [-0.15, -0.1) is 0 Å². The number of aliphatic hydroxyl groups is 1. The van der Waals surface area contributed by atoms with Crippen LogP contribution in [0.3, 0.4) is 0 Å². The van der Waals surface area contributed by atoms with Crippen molar-refractivity contribution in [2.75, 3.05) is 19.3 Å². The topological polar surface area (TPSA) is 105 Å². The number of aryl methyl sites for hydroxylation is 1. The zero-order chi connectivity index (χ0) is 20.3. The lowest BCUT2D eigenvalue weighted by molar-refractivity contribution is -0.135. The number of pyridine rings is 1. The number of anilines is 1. The highest BCUT2D eigenvalue weighted by Crippen LogP contribution is 2.26. The molecule has 0 saturated heterocycles. The Kier molecular flexibility index (Phi) is 5.52. The van der Waals surface area contributed by atoms with Crippen LogP contribution in [0.1, 0.15) is 18.2 Å². The fourth-order valence-electron chi connectivity index (χ4n) is 2.72. The van der Waals surface area contributed by atoms with Gasteiger partial charge >= 0.3 is 0 Å². The summed E-state index contributed by atoms with van der Waals surface area (Å²) in [4.78, 5) is 26.2. The Hall–Kier alpha value is -3.50. The minimum atomic E-state index is -1.36. The SMILES string of the molecule is CCN(C)C(=O)[C@H](O)C#Cc1cccc(-c2cc3c(N)ncnc3c(C)n2)c1. The molecular weight excluding hydrogens is 354 g/mol. The maximum atomic E-state index is 11.9. The van der Waals surface area contributed by atoms with Gasteiger partial charge in [-0.25, -0.2) is 9.97 Å². The third-order valence-electron chi connectivity index (χ3n) is 4.42. The number of hydrogen-bond acceptors (Lipinski definition) is 6. The van der Waals surface area contributed by atoms with E-state index in [1.165, 1.54) is 11.2 Å².